The smallest absolute Gasteiger partial charge is 0.335 e. The first-order valence-corrected chi connectivity index (χ1v) is 9.55. The average molecular weight is 417 g/mol. The van der Waals surface area contributed by atoms with Gasteiger partial charge in [0.1, 0.15) is 11.6 Å². The van der Waals surface area contributed by atoms with Crippen molar-refractivity contribution in [3.63, 3.8) is 0 Å². The Hall–Kier alpha value is -3.80. The van der Waals surface area contributed by atoms with Gasteiger partial charge in [-0.3, -0.25) is 10.1 Å². The molecule has 0 aliphatic heterocycles. The van der Waals surface area contributed by atoms with Gasteiger partial charge in [-0.15, -0.1) is 0 Å². The van der Waals surface area contributed by atoms with Crippen LogP contribution >= 0.6 is 0 Å². The van der Waals surface area contributed by atoms with Gasteiger partial charge < -0.3 is 9.15 Å². The number of amides is 2. The Morgan fingerprint density at radius 2 is 1.97 bits per heavy atom. The number of sulfonamides is 1. The highest BCUT2D eigenvalue weighted by Crippen LogP contribution is 2.24. The fourth-order valence-corrected chi connectivity index (χ4v) is 3.25. The summed E-state index contributed by atoms with van der Waals surface area (Å²) in [6.45, 7) is 1.56. The zero-order valence-electron chi connectivity index (χ0n) is 15.2. The van der Waals surface area contributed by atoms with Crippen LogP contribution in [0, 0.1) is 6.92 Å². The van der Waals surface area contributed by atoms with Crippen LogP contribution in [0.5, 0.6) is 6.01 Å². The van der Waals surface area contributed by atoms with Crippen molar-refractivity contribution in [3.8, 4) is 17.3 Å². The third-order valence-electron chi connectivity index (χ3n) is 3.53. The zero-order chi connectivity index (χ0) is 21.0. The van der Waals surface area contributed by atoms with Crippen LogP contribution in [0.1, 0.15) is 16.4 Å². The van der Waals surface area contributed by atoms with Gasteiger partial charge in [0.05, 0.1) is 12.0 Å². The van der Waals surface area contributed by atoms with E-state index >= 15 is 0 Å². The average Bonchev–Trinajstić information content (AvgIpc) is 3.16. The van der Waals surface area contributed by atoms with Gasteiger partial charge >= 0.3 is 12.0 Å². The molecule has 0 saturated heterocycles. The monoisotopic (exact) mass is 417 g/mol. The van der Waals surface area contributed by atoms with Crippen molar-refractivity contribution in [2.75, 3.05) is 12.4 Å². The number of aryl methyl sites for hydroxylation is 1. The molecule has 0 bridgehead atoms. The van der Waals surface area contributed by atoms with Gasteiger partial charge in [0, 0.05) is 5.56 Å². The number of nitrogens with one attached hydrogen (secondary N) is 2. The van der Waals surface area contributed by atoms with Crippen molar-refractivity contribution in [2.45, 2.75) is 11.8 Å². The molecule has 0 aliphatic carbocycles. The minimum atomic E-state index is -4.21. The normalized spacial score (nSPS) is 11.0. The summed E-state index contributed by atoms with van der Waals surface area (Å²) in [6, 6.07) is 7.59. The summed E-state index contributed by atoms with van der Waals surface area (Å²) in [5.41, 5.74) is 0.416. The van der Waals surface area contributed by atoms with Crippen LogP contribution in [0.3, 0.4) is 0 Å². The molecular formula is C17H15N5O6S. The molecular weight excluding hydrogens is 402 g/mol. The van der Waals surface area contributed by atoms with E-state index in [1.54, 1.807) is 13.0 Å². The van der Waals surface area contributed by atoms with Crippen molar-refractivity contribution in [1.82, 2.24) is 19.7 Å². The van der Waals surface area contributed by atoms with Crippen LogP contribution in [0.2, 0.25) is 0 Å². The van der Waals surface area contributed by atoms with Gasteiger partial charge in [0.2, 0.25) is 5.95 Å². The standard InChI is InChI=1S/C17H15N5O6S/c1-10-18-15(21-17(19-10)27-2)20-16(24)22-29(25,26)13-5-3-4-11(8-13)14-7-6-12(9-23)28-14/h3-9H,1-2H3,(H2,18,19,20,21,22,24). The second-order valence-corrected chi connectivity index (χ2v) is 7.28. The molecule has 2 heterocycles. The largest absolute Gasteiger partial charge is 0.467 e. The predicted molar refractivity (Wildman–Crippen MR) is 100.0 cm³/mol. The zero-order valence-corrected chi connectivity index (χ0v) is 16.1. The van der Waals surface area contributed by atoms with Crippen LogP contribution in [-0.2, 0) is 10.0 Å². The lowest BCUT2D eigenvalue weighted by Gasteiger charge is -2.09. The Kier molecular flexibility index (Phi) is 5.54. The number of furan rings is 1. The minimum absolute atomic E-state index is 0.0310. The molecule has 0 fully saturated rings. The van der Waals surface area contributed by atoms with Crippen LogP contribution in [-0.4, -0.2) is 42.8 Å². The summed E-state index contributed by atoms with van der Waals surface area (Å²) in [6.07, 6.45) is 0.536. The van der Waals surface area contributed by atoms with E-state index < -0.39 is 16.1 Å². The first-order chi connectivity index (χ1) is 13.8. The highest BCUT2D eigenvalue weighted by molar-refractivity contribution is 7.90. The number of anilines is 1. The van der Waals surface area contributed by atoms with E-state index in [2.05, 4.69) is 20.3 Å². The molecule has 1 aromatic carbocycles. The van der Waals surface area contributed by atoms with Gasteiger partial charge in [0.15, 0.2) is 12.0 Å². The SMILES string of the molecule is COc1nc(C)nc(NC(=O)NS(=O)(=O)c2cccc(-c3ccc(C=O)o3)c2)n1. The second kappa shape index (κ2) is 8.06. The van der Waals surface area contributed by atoms with E-state index in [1.807, 2.05) is 4.72 Å². The molecule has 2 amide bonds. The van der Waals surface area contributed by atoms with Gasteiger partial charge in [-0.2, -0.15) is 15.0 Å². The highest BCUT2D eigenvalue weighted by atomic mass is 32.2. The Morgan fingerprint density at radius 1 is 1.17 bits per heavy atom. The molecule has 0 radical (unpaired) electrons. The molecule has 3 rings (SSSR count). The maximum absolute atomic E-state index is 12.5. The number of hydrogen-bond donors (Lipinski definition) is 2. The van der Waals surface area contributed by atoms with Gasteiger partial charge in [-0.1, -0.05) is 12.1 Å². The summed E-state index contributed by atoms with van der Waals surface area (Å²) in [7, 11) is -2.87. The van der Waals surface area contributed by atoms with E-state index in [1.165, 1.54) is 37.4 Å². The Labute approximate surface area is 165 Å². The molecule has 0 atom stereocenters. The second-order valence-electron chi connectivity index (χ2n) is 5.60. The molecule has 0 saturated carbocycles. The number of rotatable bonds is 6. The molecule has 0 aliphatic rings. The number of ether oxygens (including phenoxy) is 1. The Bertz CT molecular complexity index is 1170. The topological polar surface area (TPSA) is 153 Å². The molecule has 0 unspecified atom stereocenters. The number of urea groups is 1. The summed E-state index contributed by atoms with van der Waals surface area (Å²) >= 11 is 0. The lowest BCUT2D eigenvalue weighted by molar-refractivity contribution is 0.110. The lowest BCUT2D eigenvalue weighted by atomic mass is 10.2. The number of benzene rings is 1. The van der Waals surface area contributed by atoms with Crippen molar-refractivity contribution in [1.29, 1.82) is 0 Å². The summed E-state index contributed by atoms with van der Waals surface area (Å²) in [5.74, 6) is 0.513. The first kappa shape index (κ1) is 19.9. The van der Waals surface area contributed by atoms with Crippen molar-refractivity contribution < 1.29 is 27.2 Å². The molecule has 29 heavy (non-hydrogen) atoms. The van der Waals surface area contributed by atoms with E-state index in [9.17, 15) is 18.0 Å². The highest BCUT2D eigenvalue weighted by Gasteiger charge is 2.20. The van der Waals surface area contributed by atoms with Crippen LogP contribution in [0.15, 0.2) is 45.7 Å². The van der Waals surface area contributed by atoms with Crippen LogP contribution in [0.4, 0.5) is 10.7 Å². The maximum atomic E-state index is 12.5. The van der Waals surface area contributed by atoms with Crippen LogP contribution < -0.4 is 14.8 Å². The number of hydrogen-bond acceptors (Lipinski definition) is 9. The molecule has 12 heteroatoms. The summed E-state index contributed by atoms with van der Waals surface area (Å²) in [5, 5.41) is 2.21. The van der Waals surface area contributed by atoms with Crippen molar-refractivity contribution >= 4 is 28.3 Å². The number of methoxy groups -OCH3 is 1. The molecule has 2 aromatic heterocycles. The van der Waals surface area contributed by atoms with Crippen molar-refractivity contribution in [3.05, 3.63) is 48.0 Å². The van der Waals surface area contributed by atoms with Gasteiger partial charge in [-0.25, -0.2) is 17.9 Å². The van der Waals surface area contributed by atoms with E-state index in [4.69, 9.17) is 9.15 Å². The first-order valence-electron chi connectivity index (χ1n) is 8.06. The van der Waals surface area contributed by atoms with E-state index in [0.29, 0.717) is 17.6 Å². The molecule has 0 spiro atoms. The van der Waals surface area contributed by atoms with E-state index in [-0.39, 0.29) is 28.4 Å². The molecule has 11 nitrogen and oxygen atoms in total. The summed E-state index contributed by atoms with van der Waals surface area (Å²) < 4.78 is 37.1. The molecule has 2 N–H and O–H groups in total. The maximum Gasteiger partial charge on any atom is 0.335 e. The van der Waals surface area contributed by atoms with Crippen molar-refractivity contribution in [2.24, 2.45) is 0 Å². The fourth-order valence-electron chi connectivity index (χ4n) is 2.30. The van der Waals surface area contributed by atoms with E-state index in [0.717, 1.165) is 0 Å². The number of nitrogens with zero attached hydrogens (tertiary/aromatic N) is 3. The van der Waals surface area contributed by atoms with Crippen LogP contribution in [0.25, 0.3) is 11.3 Å². The number of aldehydes is 1. The molecule has 3 aromatic rings. The predicted octanol–water partition coefficient (Wildman–Crippen LogP) is 1.77. The Morgan fingerprint density at radius 3 is 2.66 bits per heavy atom. The quantitative estimate of drug-likeness (QED) is 0.571. The van der Waals surface area contributed by atoms with Gasteiger partial charge in [-0.05, 0) is 31.2 Å². The number of carbonyl (C=O) groups excluding carboxylic acids is 2. The Balaban J connectivity index is 1.78. The third-order valence-corrected chi connectivity index (χ3v) is 4.86. The number of carbonyl (C=O) groups is 2. The summed E-state index contributed by atoms with van der Waals surface area (Å²) in [4.78, 5) is 34.2. The third kappa shape index (κ3) is 4.73. The minimum Gasteiger partial charge on any atom is -0.467 e. The lowest BCUT2D eigenvalue weighted by Crippen LogP contribution is -2.35. The number of aromatic nitrogens is 3. The fraction of sp³-hybridized carbons (Fsp3) is 0.118. The molecule has 150 valence electrons. The van der Waals surface area contributed by atoms with Gasteiger partial charge in [0.25, 0.3) is 10.0 Å².